The number of nitrogens with zero attached hydrogens (tertiary/aromatic N) is 4. The zero-order valence-corrected chi connectivity index (χ0v) is 38.0. The van der Waals surface area contributed by atoms with Crippen molar-refractivity contribution < 1.29 is 44.4 Å². The molecule has 0 heterocycles. The van der Waals surface area contributed by atoms with Gasteiger partial charge in [0.2, 0.25) is 0 Å². The molecule has 0 amide bonds. The Hall–Kier alpha value is -4.33. The van der Waals surface area contributed by atoms with E-state index in [4.69, 9.17) is 15.2 Å². The van der Waals surface area contributed by atoms with Gasteiger partial charge < -0.3 is 24.9 Å². The lowest BCUT2D eigenvalue weighted by molar-refractivity contribution is 0.105. The molecule has 61 heavy (non-hydrogen) atoms. The fourth-order valence-corrected chi connectivity index (χ4v) is 9.52. The Bertz CT molecular complexity index is 2480. The van der Waals surface area contributed by atoms with Crippen LogP contribution in [0.3, 0.4) is 0 Å². The third-order valence-electron chi connectivity index (χ3n) is 10.5. The third kappa shape index (κ3) is 13.8. The van der Waals surface area contributed by atoms with Crippen LogP contribution in [0.2, 0.25) is 0 Å². The molecule has 15 nitrogen and oxygen atoms in total. The van der Waals surface area contributed by atoms with Crippen molar-refractivity contribution in [2.24, 2.45) is 32.3 Å². The van der Waals surface area contributed by atoms with E-state index in [-0.39, 0.29) is 62.3 Å². The van der Waals surface area contributed by atoms with Crippen LogP contribution in [0.4, 0.5) is 28.4 Å². The molecule has 4 aromatic rings. The number of unbranched alkanes of at least 4 members (excludes halogenated alkanes) is 2. The average molecular weight is 901 g/mol. The van der Waals surface area contributed by atoms with Gasteiger partial charge in [-0.1, -0.05) is 66.2 Å². The summed E-state index contributed by atoms with van der Waals surface area (Å²) in [5.41, 5.74) is 6.65. The van der Waals surface area contributed by atoms with Gasteiger partial charge in [-0.2, -0.15) is 10.2 Å². The smallest absolute Gasteiger partial charge is 0.180 e. The molecule has 334 valence electrons. The van der Waals surface area contributed by atoms with Gasteiger partial charge in [0, 0.05) is 13.2 Å². The summed E-state index contributed by atoms with van der Waals surface area (Å²) >= 11 is 0. The van der Waals surface area contributed by atoms with Crippen LogP contribution in [-0.2, 0) is 39.3 Å². The van der Waals surface area contributed by atoms with Gasteiger partial charge in [-0.15, -0.1) is 10.2 Å². The molecule has 4 rings (SSSR count). The van der Waals surface area contributed by atoms with Gasteiger partial charge >= 0.3 is 0 Å². The number of nitrogen functional groups attached to an aromatic ring is 1. The molecule has 2 unspecified atom stereocenters. The van der Waals surface area contributed by atoms with Crippen molar-refractivity contribution in [2.45, 2.75) is 101 Å². The molecule has 0 spiro atoms. The van der Waals surface area contributed by atoms with Gasteiger partial charge in [0.1, 0.15) is 21.5 Å². The summed E-state index contributed by atoms with van der Waals surface area (Å²) in [6, 6.07) is 13.7. The first-order valence-corrected chi connectivity index (χ1v) is 25.4. The predicted octanol–water partition coefficient (Wildman–Crippen LogP) is 10.2. The number of aryl methyl sites for hydroxylation is 1. The molecular weight excluding hydrogens is 843 g/mol. The maximum absolute atomic E-state index is 13.0. The quantitative estimate of drug-likeness (QED) is 0.0274. The zero-order chi connectivity index (χ0) is 44.8. The second-order valence-electron chi connectivity index (χ2n) is 15.1. The highest BCUT2D eigenvalue weighted by atomic mass is 32.2. The van der Waals surface area contributed by atoms with Crippen molar-refractivity contribution in [1.29, 1.82) is 0 Å². The van der Waals surface area contributed by atoms with Crippen molar-refractivity contribution in [1.82, 2.24) is 0 Å². The third-order valence-corrected chi connectivity index (χ3v) is 14.8. The van der Waals surface area contributed by atoms with E-state index in [0.717, 1.165) is 57.4 Å². The van der Waals surface area contributed by atoms with Crippen LogP contribution in [0.25, 0.3) is 10.8 Å². The molecule has 18 heteroatoms. The standard InChI is InChI=1S/C43H59N5O10S3/c1-6-10-12-31(8-3)28-57-22-24-59(50,51)36-18-14-34(15-19-36)45-47-41-30(5)26-33-27-38(61(54,55)56)42(43(49)39(33)40(41)44)48-46-35-16-20-37(21-17-35)60(52,53)25-23-58-29-32(9-4)13-11-7-2/h14-21,26-27,31-32,49H,6-13,22-25,28-29,44H2,1-5H3,(H,54,55,56)/p-1. The molecule has 0 fully saturated rings. The van der Waals surface area contributed by atoms with Crippen molar-refractivity contribution in [2.75, 3.05) is 43.7 Å². The van der Waals surface area contributed by atoms with E-state index in [1.165, 1.54) is 54.6 Å². The number of hydrogen-bond acceptors (Lipinski definition) is 15. The topological polar surface area (TPSA) is 240 Å². The molecule has 2 atom stereocenters. The lowest BCUT2D eigenvalue weighted by Gasteiger charge is -2.16. The predicted molar refractivity (Wildman–Crippen MR) is 236 cm³/mol. The van der Waals surface area contributed by atoms with E-state index in [2.05, 4.69) is 48.2 Å². The second kappa shape index (κ2) is 22.7. The number of fused-ring (bicyclic) bond motifs is 1. The Morgan fingerprint density at radius 2 is 1.11 bits per heavy atom. The number of benzene rings is 4. The number of nitrogens with two attached hydrogens (primary N) is 1. The van der Waals surface area contributed by atoms with Crippen LogP contribution in [0.1, 0.15) is 84.6 Å². The maximum atomic E-state index is 13.0. The number of phenols is 1. The van der Waals surface area contributed by atoms with Crippen molar-refractivity contribution >= 4 is 69.0 Å². The van der Waals surface area contributed by atoms with Gasteiger partial charge in [-0.3, -0.25) is 0 Å². The van der Waals surface area contributed by atoms with Crippen LogP contribution >= 0.6 is 0 Å². The van der Waals surface area contributed by atoms with Gasteiger partial charge in [-0.05, 0) is 103 Å². The fourth-order valence-electron chi connectivity index (χ4n) is 6.63. The lowest BCUT2D eigenvalue weighted by atomic mass is 10.0. The highest BCUT2D eigenvalue weighted by Crippen LogP contribution is 2.47. The molecule has 0 saturated carbocycles. The number of aromatic hydroxyl groups is 1. The molecule has 0 aromatic heterocycles. The van der Waals surface area contributed by atoms with Crippen molar-refractivity contribution in [3.05, 3.63) is 66.2 Å². The first kappa shape index (κ1) is 49.3. The Morgan fingerprint density at radius 1 is 0.672 bits per heavy atom. The van der Waals surface area contributed by atoms with E-state index in [1.54, 1.807) is 6.92 Å². The van der Waals surface area contributed by atoms with Gasteiger partial charge in [0.05, 0.1) is 61.9 Å². The Morgan fingerprint density at radius 3 is 1.52 bits per heavy atom. The minimum Gasteiger partial charge on any atom is -0.744 e. The first-order valence-electron chi connectivity index (χ1n) is 20.6. The van der Waals surface area contributed by atoms with Crippen LogP contribution in [0.15, 0.2) is 95.8 Å². The number of rotatable bonds is 25. The summed E-state index contributed by atoms with van der Waals surface area (Å²) < 4.78 is 100. The second-order valence-corrected chi connectivity index (χ2v) is 20.7. The molecule has 0 radical (unpaired) electrons. The highest BCUT2D eigenvalue weighted by Gasteiger charge is 2.22. The molecule has 0 aliphatic rings. The average Bonchev–Trinajstić information content (AvgIpc) is 3.22. The van der Waals surface area contributed by atoms with Crippen LogP contribution in [0.5, 0.6) is 5.75 Å². The minimum absolute atomic E-state index is 0.0225. The summed E-state index contributed by atoms with van der Waals surface area (Å²) in [5.74, 6) is -0.372. The van der Waals surface area contributed by atoms with Crippen molar-refractivity contribution in [3.8, 4) is 5.75 Å². The highest BCUT2D eigenvalue weighted by molar-refractivity contribution is 7.91. The zero-order valence-electron chi connectivity index (χ0n) is 35.5. The van der Waals surface area contributed by atoms with Gasteiger partial charge in [0.15, 0.2) is 25.4 Å². The molecular formula is C43H58N5O10S3-. The number of azo groups is 2. The maximum Gasteiger partial charge on any atom is 0.180 e. The number of sulfone groups is 2. The van der Waals surface area contributed by atoms with Crippen LogP contribution in [0, 0.1) is 18.8 Å². The van der Waals surface area contributed by atoms with E-state index in [1.807, 2.05) is 0 Å². The van der Waals surface area contributed by atoms with Crippen LogP contribution < -0.4 is 5.73 Å². The van der Waals surface area contributed by atoms with E-state index >= 15 is 0 Å². The van der Waals surface area contributed by atoms with Gasteiger partial charge in [-0.25, -0.2) is 25.3 Å². The summed E-state index contributed by atoms with van der Waals surface area (Å²) in [6.45, 7) is 11.2. The summed E-state index contributed by atoms with van der Waals surface area (Å²) in [4.78, 5) is -0.730. The Labute approximate surface area is 360 Å². The van der Waals surface area contributed by atoms with E-state index < -0.39 is 46.1 Å². The first-order chi connectivity index (χ1) is 28.9. The monoisotopic (exact) mass is 900 g/mol. The molecule has 0 aliphatic carbocycles. The largest absolute Gasteiger partial charge is 0.744 e. The lowest BCUT2D eigenvalue weighted by Crippen LogP contribution is -2.16. The van der Waals surface area contributed by atoms with E-state index in [9.17, 15) is 34.9 Å². The summed E-state index contributed by atoms with van der Waals surface area (Å²) in [7, 11) is -12.5. The Kier molecular flexibility index (Phi) is 18.3. The van der Waals surface area contributed by atoms with E-state index in [0.29, 0.717) is 36.3 Å². The normalized spacial score (nSPS) is 13.7. The van der Waals surface area contributed by atoms with Crippen molar-refractivity contribution in [3.63, 3.8) is 0 Å². The molecule has 0 saturated heterocycles. The number of anilines is 1. The number of phenolic OH excluding ortho intramolecular Hbond substituents is 1. The fraction of sp³-hybridized carbons (Fsp3) is 0.488. The SMILES string of the molecule is CCCCC(CC)COCCS(=O)(=O)c1ccc(N=Nc2c(C)cc3cc(S(=O)(=O)[O-])c(N=Nc4ccc(S(=O)(=O)CCOCC(CC)CCCC)cc4)c(O)c3c2N)cc1. The number of hydrogen-bond donors (Lipinski definition) is 2. The minimum atomic E-state index is -5.20. The Balaban J connectivity index is 1.52. The summed E-state index contributed by atoms with van der Waals surface area (Å²) in [5, 5.41) is 27.8. The number of ether oxygens (including phenoxy) is 2. The molecule has 0 aliphatic heterocycles. The van der Waals surface area contributed by atoms with Crippen LogP contribution in [-0.4, -0.2) is 72.8 Å². The molecule has 3 N–H and O–H groups in total. The van der Waals surface area contributed by atoms with Gasteiger partial charge in [0.25, 0.3) is 0 Å². The summed E-state index contributed by atoms with van der Waals surface area (Å²) in [6.07, 6.45) is 8.37. The molecule has 4 aromatic carbocycles. The molecule has 0 bridgehead atoms.